The van der Waals surface area contributed by atoms with Crippen LogP contribution < -0.4 is 26.0 Å². The van der Waals surface area contributed by atoms with Gasteiger partial charge < -0.3 is 25.1 Å². The number of piperidine rings is 2. The summed E-state index contributed by atoms with van der Waals surface area (Å²) in [7, 11) is 0. The third kappa shape index (κ3) is 8.11. The lowest BCUT2D eigenvalue weighted by molar-refractivity contribution is -0.136. The summed E-state index contributed by atoms with van der Waals surface area (Å²) in [6.45, 7) is 8.86. The van der Waals surface area contributed by atoms with Crippen LogP contribution in [0.1, 0.15) is 107 Å². The van der Waals surface area contributed by atoms with E-state index in [1.807, 2.05) is 36.7 Å². The Bertz CT molecular complexity index is 2750. The number of amides is 3. The van der Waals surface area contributed by atoms with Gasteiger partial charge in [0.1, 0.15) is 17.5 Å². The van der Waals surface area contributed by atoms with Crippen molar-refractivity contribution >= 4 is 57.7 Å². The molecule has 0 radical (unpaired) electrons. The number of imide groups is 1. The molecule has 3 N–H and O–H groups in total. The lowest BCUT2D eigenvalue weighted by Crippen LogP contribution is -2.52. The van der Waals surface area contributed by atoms with Crippen molar-refractivity contribution < 1.29 is 24.3 Å². The van der Waals surface area contributed by atoms with Gasteiger partial charge in [0.2, 0.25) is 17.8 Å². The standard InChI is InChI=1S/C48H53N11O6/c1-29-38-26-51-47(54-43(38)59(34-5-3-4-6-34)46(64)42(29)30(2)60)52-40-13-10-36(25-50-40)57-21-19-56(20-22-57)35-9-8-33(49-24-35)28-55-17-15-48(65,16-18-55)32-7-11-37-31(23-32)27-58(45(37)63)39-12-14-41(61)53-44(39)62/h7-11,13,23-26,34,39,65H,3-6,12,14-22,27-28H2,1-2H3,(H,53,61,62)(H,50,51,52,54). The Labute approximate surface area is 375 Å². The first-order chi connectivity index (χ1) is 31.4. The van der Waals surface area contributed by atoms with Gasteiger partial charge in [-0.15, -0.1) is 0 Å². The highest BCUT2D eigenvalue weighted by atomic mass is 16.3. The number of aromatic nitrogens is 5. The van der Waals surface area contributed by atoms with E-state index in [-0.39, 0.29) is 47.7 Å². The second-order valence-electron chi connectivity index (χ2n) is 18.2. The fourth-order valence-electron chi connectivity index (χ4n) is 10.5. The molecular formula is C48H53N11O6. The normalized spacial score (nSPS) is 20.4. The number of carbonyl (C=O) groups is 4. The molecule has 1 unspecified atom stereocenters. The van der Waals surface area contributed by atoms with Gasteiger partial charge in [-0.2, -0.15) is 4.98 Å². The number of aryl methyl sites for hydroxylation is 1. The maximum absolute atomic E-state index is 13.6. The summed E-state index contributed by atoms with van der Waals surface area (Å²) < 4.78 is 1.71. The molecule has 8 heterocycles. The number of likely N-dealkylation sites (tertiary alicyclic amines) is 1. The number of rotatable bonds is 10. The van der Waals surface area contributed by atoms with E-state index in [0.29, 0.717) is 72.8 Å². The minimum Gasteiger partial charge on any atom is -0.385 e. The molecule has 5 aliphatic rings. The number of benzene rings is 1. The molecule has 1 atom stereocenters. The maximum atomic E-state index is 13.6. The molecule has 4 fully saturated rings. The van der Waals surface area contributed by atoms with Gasteiger partial charge in [-0.25, -0.2) is 9.97 Å². The SMILES string of the molecule is CC(=O)c1c(C)c2cnc(Nc3ccc(N4CCN(c5ccc(CN6CCC(O)(c7ccc8c(c7)CN(C7CCC(=O)NC7=O)C8=O)CC6)nc5)CC4)cn3)nc2n(C2CCCC2)c1=O. The van der Waals surface area contributed by atoms with Crippen LogP contribution in [0, 0.1) is 6.92 Å². The summed E-state index contributed by atoms with van der Waals surface area (Å²) in [6.07, 6.45) is 10.9. The monoisotopic (exact) mass is 879 g/mol. The summed E-state index contributed by atoms with van der Waals surface area (Å²) in [5, 5.41) is 18.0. The number of Topliss-reactive ketones (excluding diaryl/α,β-unsaturated/α-hetero) is 1. The van der Waals surface area contributed by atoms with Crippen molar-refractivity contribution in [2.24, 2.45) is 0 Å². The van der Waals surface area contributed by atoms with Crippen molar-refractivity contribution in [3.8, 4) is 0 Å². The molecule has 0 spiro atoms. The molecule has 3 amide bonds. The number of fused-ring (bicyclic) bond motifs is 2. The summed E-state index contributed by atoms with van der Waals surface area (Å²) >= 11 is 0. The number of hydrogen-bond acceptors (Lipinski definition) is 14. The van der Waals surface area contributed by atoms with Crippen molar-refractivity contribution in [3.63, 3.8) is 0 Å². The van der Waals surface area contributed by atoms with Crippen molar-refractivity contribution in [1.82, 2.24) is 39.6 Å². The van der Waals surface area contributed by atoms with Gasteiger partial charge in [0, 0.05) is 82.0 Å². The maximum Gasteiger partial charge on any atom is 0.263 e. The predicted octanol–water partition coefficient (Wildman–Crippen LogP) is 4.52. The lowest BCUT2D eigenvalue weighted by Gasteiger charge is -2.38. The van der Waals surface area contributed by atoms with Crippen molar-refractivity contribution in [2.75, 3.05) is 54.4 Å². The van der Waals surface area contributed by atoms with E-state index >= 15 is 0 Å². The molecule has 65 heavy (non-hydrogen) atoms. The molecule has 0 bridgehead atoms. The topological polar surface area (TPSA) is 199 Å². The second-order valence-corrected chi connectivity index (χ2v) is 18.2. The number of nitrogens with one attached hydrogen (secondary N) is 2. The highest BCUT2D eigenvalue weighted by molar-refractivity contribution is 6.05. The average Bonchev–Trinajstić information content (AvgIpc) is 3.95. The lowest BCUT2D eigenvalue weighted by atomic mass is 9.83. The minimum absolute atomic E-state index is 0.00258. The van der Waals surface area contributed by atoms with Crippen LogP contribution in [0.5, 0.6) is 0 Å². The Morgan fingerprint density at radius 2 is 1.57 bits per heavy atom. The quantitative estimate of drug-likeness (QED) is 0.131. The first-order valence-corrected chi connectivity index (χ1v) is 22.8. The molecule has 17 heteroatoms. The van der Waals surface area contributed by atoms with Crippen LogP contribution in [0.25, 0.3) is 11.0 Å². The summed E-state index contributed by atoms with van der Waals surface area (Å²) in [6, 6.07) is 13.0. The van der Waals surface area contributed by atoms with Crippen molar-refractivity contribution in [2.45, 2.75) is 96.0 Å². The Kier molecular flexibility index (Phi) is 11.1. The van der Waals surface area contributed by atoms with Gasteiger partial charge in [0.15, 0.2) is 5.78 Å². The van der Waals surface area contributed by atoms with E-state index in [1.54, 1.807) is 23.8 Å². The number of aliphatic hydroxyl groups is 1. The number of hydrogen-bond donors (Lipinski definition) is 3. The zero-order valence-corrected chi connectivity index (χ0v) is 36.8. The van der Waals surface area contributed by atoms with Crippen LogP contribution in [0.3, 0.4) is 0 Å². The Morgan fingerprint density at radius 3 is 2.22 bits per heavy atom. The van der Waals surface area contributed by atoms with Crippen LogP contribution in [-0.4, -0.2) is 108 Å². The number of piperazine rings is 1. The van der Waals surface area contributed by atoms with Crippen LogP contribution in [0.4, 0.5) is 23.1 Å². The van der Waals surface area contributed by atoms with Gasteiger partial charge in [0.05, 0.1) is 40.6 Å². The second kappa shape index (κ2) is 17.1. The average molecular weight is 880 g/mol. The first kappa shape index (κ1) is 42.4. The van der Waals surface area contributed by atoms with E-state index < -0.39 is 17.6 Å². The van der Waals surface area contributed by atoms with Gasteiger partial charge >= 0.3 is 0 Å². The van der Waals surface area contributed by atoms with Crippen molar-refractivity contribution in [3.05, 3.63) is 105 Å². The largest absolute Gasteiger partial charge is 0.385 e. The van der Waals surface area contributed by atoms with Crippen LogP contribution in [0.15, 0.2) is 65.8 Å². The molecule has 17 nitrogen and oxygen atoms in total. The summed E-state index contributed by atoms with van der Waals surface area (Å²) in [4.78, 5) is 90.8. The van der Waals surface area contributed by atoms with E-state index in [4.69, 9.17) is 9.97 Å². The number of ketones is 1. The summed E-state index contributed by atoms with van der Waals surface area (Å²) in [5.41, 5.74) is 5.24. The molecular weight excluding hydrogens is 827 g/mol. The highest BCUT2D eigenvalue weighted by Crippen LogP contribution is 2.37. The minimum atomic E-state index is -1.02. The molecule has 4 aliphatic heterocycles. The molecule has 4 aromatic heterocycles. The number of pyridine rings is 3. The zero-order valence-electron chi connectivity index (χ0n) is 36.8. The van der Waals surface area contributed by atoms with Gasteiger partial charge in [0.25, 0.3) is 11.5 Å². The van der Waals surface area contributed by atoms with Crippen molar-refractivity contribution in [1.29, 1.82) is 0 Å². The zero-order chi connectivity index (χ0) is 45.0. The third-order valence-corrected chi connectivity index (χ3v) is 14.2. The van der Waals surface area contributed by atoms with E-state index in [1.165, 1.54) is 11.8 Å². The molecule has 1 aromatic carbocycles. The number of anilines is 4. The van der Waals surface area contributed by atoms with E-state index in [9.17, 15) is 29.1 Å². The highest BCUT2D eigenvalue weighted by Gasteiger charge is 2.41. The van der Waals surface area contributed by atoms with E-state index in [0.717, 1.165) is 80.1 Å². The summed E-state index contributed by atoms with van der Waals surface area (Å²) in [5.74, 6) is -0.287. The van der Waals surface area contributed by atoms with Gasteiger partial charge in [-0.05, 0) is 93.0 Å². The first-order valence-electron chi connectivity index (χ1n) is 22.8. The van der Waals surface area contributed by atoms with Crippen LogP contribution in [-0.2, 0) is 28.3 Å². The molecule has 1 saturated carbocycles. The molecule has 3 saturated heterocycles. The Balaban J connectivity index is 0.712. The molecule has 1 aliphatic carbocycles. The van der Waals surface area contributed by atoms with E-state index in [2.05, 4.69) is 47.4 Å². The van der Waals surface area contributed by atoms with Crippen LogP contribution >= 0.6 is 0 Å². The molecule has 5 aromatic rings. The smallest absolute Gasteiger partial charge is 0.263 e. The molecule has 336 valence electrons. The number of carbonyl (C=O) groups excluding carboxylic acids is 4. The van der Waals surface area contributed by atoms with Crippen LogP contribution in [0.2, 0.25) is 0 Å². The van der Waals surface area contributed by atoms with Gasteiger partial charge in [-0.1, -0.05) is 25.0 Å². The van der Waals surface area contributed by atoms with Gasteiger partial charge in [-0.3, -0.25) is 43.7 Å². The molecule has 10 rings (SSSR count). The number of nitrogens with zero attached hydrogens (tertiary/aromatic N) is 9. The Hall–Kier alpha value is -6.59. The fourth-order valence-corrected chi connectivity index (χ4v) is 10.5. The fraction of sp³-hybridized carbons (Fsp3) is 0.438. The third-order valence-electron chi connectivity index (χ3n) is 14.2. The Morgan fingerprint density at radius 1 is 0.862 bits per heavy atom. The predicted molar refractivity (Wildman–Crippen MR) is 243 cm³/mol.